The Morgan fingerprint density at radius 1 is 1.12 bits per heavy atom. The van der Waals surface area contributed by atoms with Crippen molar-refractivity contribution in [2.45, 2.75) is 63.8 Å². The fraction of sp³-hybridized carbons (Fsp3) is 0.800. The molecule has 1 heterocycles. The Bertz CT molecular complexity index is 360. The number of nitrogens with zero attached hydrogens (tertiary/aromatic N) is 1. The van der Waals surface area contributed by atoms with Crippen LogP contribution in [0.1, 0.15) is 58.3 Å². The largest absolute Gasteiger partial charge is 0.481 e. The topological polar surface area (TPSA) is 21.6 Å². The van der Waals surface area contributed by atoms with E-state index in [1.807, 2.05) is 0 Å². The lowest BCUT2D eigenvalue weighted by Gasteiger charge is -2.57. The molecule has 2 atom stereocenters. The van der Waals surface area contributed by atoms with Crippen molar-refractivity contribution in [3.8, 4) is 0 Å². The first-order valence-electron chi connectivity index (χ1n) is 7.21. The highest BCUT2D eigenvalue weighted by Gasteiger charge is 2.62. The van der Waals surface area contributed by atoms with E-state index in [2.05, 4.69) is 19.1 Å². The molecule has 2 aliphatic carbocycles. The Labute approximate surface area is 104 Å². The van der Waals surface area contributed by atoms with Gasteiger partial charge in [0, 0.05) is 0 Å². The van der Waals surface area contributed by atoms with Crippen LogP contribution in [-0.4, -0.2) is 18.0 Å². The molecule has 2 nitrogen and oxygen atoms in total. The Balaban J connectivity index is 1.94. The second-order valence-corrected chi connectivity index (χ2v) is 5.76. The van der Waals surface area contributed by atoms with E-state index < -0.39 is 0 Å². The molecule has 0 saturated heterocycles. The van der Waals surface area contributed by atoms with Gasteiger partial charge in [0.25, 0.3) is 0 Å². The maximum Gasteiger partial charge on any atom is 0.193 e. The molecule has 0 N–H and O–H groups in total. The normalized spacial score (nSPS) is 40.2. The van der Waals surface area contributed by atoms with Crippen molar-refractivity contribution in [1.29, 1.82) is 0 Å². The van der Waals surface area contributed by atoms with Crippen LogP contribution in [0.3, 0.4) is 0 Å². The highest BCUT2D eigenvalue weighted by atomic mass is 16.5. The van der Waals surface area contributed by atoms with Gasteiger partial charge in [-0.3, -0.25) is 0 Å². The van der Waals surface area contributed by atoms with E-state index >= 15 is 0 Å². The minimum absolute atomic E-state index is 0.215. The average Bonchev–Trinajstić information content (AvgIpc) is 2.30. The van der Waals surface area contributed by atoms with Gasteiger partial charge in [-0.1, -0.05) is 37.8 Å². The Hall–Kier alpha value is -0.790. The fourth-order valence-corrected chi connectivity index (χ4v) is 3.98. The van der Waals surface area contributed by atoms with Crippen LogP contribution < -0.4 is 0 Å². The summed E-state index contributed by atoms with van der Waals surface area (Å²) in [6.07, 6.45) is 15.0. The van der Waals surface area contributed by atoms with Crippen molar-refractivity contribution >= 4 is 5.90 Å². The van der Waals surface area contributed by atoms with Crippen molar-refractivity contribution < 1.29 is 4.74 Å². The van der Waals surface area contributed by atoms with Crippen LogP contribution in [0.4, 0.5) is 0 Å². The summed E-state index contributed by atoms with van der Waals surface area (Å²) in [5.41, 5.74) is 0.491. The molecule has 1 saturated carbocycles. The molecule has 0 spiro atoms. The third kappa shape index (κ3) is 1.49. The molecule has 17 heavy (non-hydrogen) atoms. The number of hydrogen-bond acceptors (Lipinski definition) is 2. The van der Waals surface area contributed by atoms with E-state index in [0.717, 1.165) is 25.3 Å². The predicted octanol–water partition coefficient (Wildman–Crippen LogP) is 3.86. The minimum Gasteiger partial charge on any atom is -0.481 e. The summed E-state index contributed by atoms with van der Waals surface area (Å²) >= 11 is 0. The molecular formula is C15H23NO. The molecule has 0 radical (unpaired) electrons. The van der Waals surface area contributed by atoms with E-state index in [9.17, 15) is 0 Å². The number of aliphatic imine (C=N–C) groups is 1. The summed E-state index contributed by atoms with van der Waals surface area (Å²) in [5, 5.41) is 0. The summed E-state index contributed by atoms with van der Waals surface area (Å²) in [6, 6.07) is 0. The van der Waals surface area contributed by atoms with Gasteiger partial charge in [-0.05, 0) is 32.6 Å². The molecule has 3 aliphatic rings. The Morgan fingerprint density at radius 2 is 1.88 bits per heavy atom. The van der Waals surface area contributed by atoms with Crippen molar-refractivity contribution in [2.24, 2.45) is 10.4 Å². The molecule has 0 amide bonds. The van der Waals surface area contributed by atoms with E-state index in [1.165, 1.54) is 38.5 Å². The second-order valence-electron chi connectivity index (χ2n) is 5.76. The predicted molar refractivity (Wildman–Crippen MR) is 70.3 cm³/mol. The molecule has 1 fully saturated rings. The lowest BCUT2D eigenvalue weighted by atomic mass is 9.54. The number of allylic oxidation sites excluding steroid dienone is 1. The van der Waals surface area contributed by atoms with Gasteiger partial charge < -0.3 is 4.74 Å². The first kappa shape index (κ1) is 11.3. The van der Waals surface area contributed by atoms with Gasteiger partial charge in [0.05, 0.1) is 17.6 Å². The van der Waals surface area contributed by atoms with Crippen molar-refractivity contribution in [2.75, 3.05) is 6.61 Å². The zero-order valence-electron chi connectivity index (χ0n) is 10.9. The van der Waals surface area contributed by atoms with Crippen LogP contribution in [0, 0.1) is 5.41 Å². The number of rotatable bonds is 1. The quantitative estimate of drug-likeness (QED) is 0.630. The van der Waals surface area contributed by atoms with Crippen LogP contribution in [-0.2, 0) is 4.74 Å². The monoisotopic (exact) mass is 233 g/mol. The standard InChI is InChI=1S/C15H23NO/c1-2-17-13-14-9-5-3-4-6-11-15(14,16-13)12-8-7-10-14/h7-8H,2-6,9-12H2,1H3/t14-,15-/m0/s1. The van der Waals surface area contributed by atoms with Gasteiger partial charge >= 0.3 is 0 Å². The molecule has 1 aliphatic heterocycles. The fourth-order valence-electron chi connectivity index (χ4n) is 3.98. The Kier molecular flexibility index (Phi) is 2.76. The van der Waals surface area contributed by atoms with Gasteiger partial charge in [0.15, 0.2) is 5.90 Å². The molecular weight excluding hydrogens is 210 g/mol. The van der Waals surface area contributed by atoms with Crippen molar-refractivity contribution in [1.82, 2.24) is 0 Å². The summed E-state index contributed by atoms with van der Waals surface area (Å²) in [7, 11) is 0. The molecule has 0 bridgehead atoms. The first-order valence-corrected chi connectivity index (χ1v) is 7.21. The first-order chi connectivity index (χ1) is 8.33. The van der Waals surface area contributed by atoms with E-state index in [-0.39, 0.29) is 11.0 Å². The summed E-state index contributed by atoms with van der Waals surface area (Å²) < 4.78 is 5.81. The lowest BCUT2D eigenvalue weighted by molar-refractivity contribution is 0.0677. The third-order valence-electron chi connectivity index (χ3n) is 4.93. The third-order valence-corrected chi connectivity index (χ3v) is 4.93. The van der Waals surface area contributed by atoms with E-state index in [4.69, 9.17) is 9.73 Å². The van der Waals surface area contributed by atoms with Gasteiger partial charge in [-0.25, -0.2) is 4.99 Å². The van der Waals surface area contributed by atoms with Gasteiger partial charge in [-0.2, -0.15) is 0 Å². The van der Waals surface area contributed by atoms with Gasteiger partial charge in [0.2, 0.25) is 0 Å². The minimum atomic E-state index is 0.215. The second kappa shape index (κ2) is 4.15. The maximum atomic E-state index is 5.81. The lowest BCUT2D eigenvalue weighted by Crippen LogP contribution is -2.62. The smallest absolute Gasteiger partial charge is 0.193 e. The molecule has 0 aromatic carbocycles. The molecule has 0 aromatic heterocycles. The van der Waals surface area contributed by atoms with Gasteiger partial charge in [-0.15, -0.1) is 0 Å². The zero-order valence-corrected chi connectivity index (χ0v) is 10.9. The SMILES string of the molecule is CCOC1=N[C@@]23CC=CC[C@@]12CCCCCC3. The van der Waals surface area contributed by atoms with Crippen LogP contribution in [0.25, 0.3) is 0 Å². The van der Waals surface area contributed by atoms with Crippen LogP contribution in [0.5, 0.6) is 0 Å². The molecule has 94 valence electrons. The molecule has 3 rings (SSSR count). The summed E-state index contributed by atoms with van der Waals surface area (Å²) in [5.74, 6) is 1.08. The maximum absolute atomic E-state index is 5.81. The van der Waals surface area contributed by atoms with E-state index in [0.29, 0.717) is 0 Å². The molecule has 0 unspecified atom stereocenters. The average molecular weight is 233 g/mol. The molecule has 0 aromatic rings. The summed E-state index contributed by atoms with van der Waals surface area (Å²) in [4.78, 5) is 4.92. The zero-order chi connectivity index (χ0) is 11.8. The van der Waals surface area contributed by atoms with Crippen LogP contribution in [0.15, 0.2) is 17.1 Å². The number of ether oxygens (including phenoxy) is 1. The highest BCUT2D eigenvalue weighted by molar-refractivity contribution is 5.91. The number of hydrogen-bond donors (Lipinski definition) is 0. The molecule has 2 heteroatoms. The highest BCUT2D eigenvalue weighted by Crippen LogP contribution is 2.58. The summed E-state index contributed by atoms with van der Waals surface area (Å²) in [6.45, 7) is 2.83. The van der Waals surface area contributed by atoms with Gasteiger partial charge in [0.1, 0.15) is 0 Å². The van der Waals surface area contributed by atoms with Crippen LogP contribution >= 0.6 is 0 Å². The van der Waals surface area contributed by atoms with Crippen LogP contribution in [0.2, 0.25) is 0 Å². The van der Waals surface area contributed by atoms with Crippen molar-refractivity contribution in [3.05, 3.63) is 12.2 Å². The Morgan fingerprint density at radius 3 is 2.71 bits per heavy atom. The van der Waals surface area contributed by atoms with Crippen molar-refractivity contribution in [3.63, 3.8) is 0 Å². The van der Waals surface area contributed by atoms with E-state index in [1.54, 1.807) is 0 Å².